The highest BCUT2D eigenvalue weighted by Crippen LogP contribution is 2.24. The van der Waals surface area contributed by atoms with Gasteiger partial charge in [0.05, 0.1) is 11.5 Å². The molecule has 0 aliphatic rings. The van der Waals surface area contributed by atoms with Gasteiger partial charge in [0.1, 0.15) is 11.6 Å². The van der Waals surface area contributed by atoms with Gasteiger partial charge in [-0.2, -0.15) is 0 Å². The molecule has 100 valence electrons. The topological polar surface area (TPSA) is 97.9 Å². The van der Waals surface area contributed by atoms with E-state index in [0.29, 0.717) is 12.4 Å². The van der Waals surface area contributed by atoms with Crippen molar-refractivity contribution in [3.05, 3.63) is 40.5 Å². The van der Waals surface area contributed by atoms with Crippen molar-refractivity contribution in [2.24, 2.45) is 7.05 Å². The summed E-state index contributed by atoms with van der Waals surface area (Å²) in [5, 5.41) is 16.7. The fraction of sp³-hybridized carbons (Fsp3) is 0.273. The summed E-state index contributed by atoms with van der Waals surface area (Å²) in [6.45, 7) is 0.366. The monoisotopic (exact) mass is 262 g/mol. The van der Waals surface area contributed by atoms with Crippen LogP contribution in [0.25, 0.3) is 0 Å². The Bertz CT molecular complexity index is 595. The first-order valence-electron chi connectivity index (χ1n) is 5.65. The fourth-order valence-electron chi connectivity index (χ4n) is 1.60. The summed E-state index contributed by atoms with van der Waals surface area (Å²) in [6, 6.07) is 2.98. The highest BCUT2D eigenvalue weighted by Gasteiger charge is 2.16. The lowest BCUT2D eigenvalue weighted by Crippen LogP contribution is -2.09. The van der Waals surface area contributed by atoms with Crippen molar-refractivity contribution in [1.82, 2.24) is 14.5 Å². The number of hydrogen-bond donors (Lipinski definition) is 2. The van der Waals surface area contributed by atoms with Gasteiger partial charge in [-0.05, 0) is 6.07 Å². The highest BCUT2D eigenvalue weighted by atomic mass is 16.6. The van der Waals surface area contributed by atoms with Gasteiger partial charge in [-0.25, -0.2) is 9.97 Å². The van der Waals surface area contributed by atoms with Gasteiger partial charge in [0.2, 0.25) is 5.82 Å². The zero-order chi connectivity index (χ0) is 13.8. The third-order valence-electron chi connectivity index (χ3n) is 2.66. The molecule has 0 aliphatic carbocycles. The predicted octanol–water partition coefficient (Wildman–Crippen LogP) is 1.38. The fourth-order valence-corrected chi connectivity index (χ4v) is 1.60. The standard InChI is InChI=1S/C11H14N6O2/c1-12-9-4-3-8(17(18)19)11(15-9)14-7-10-13-5-6-16(10)2/h3-6H,7H2,1-2H3,(H2,12,14,15). The Hall–Kier alpha value is -2.64. The molecular weight excluding hydrogens is 248 g/mol. The van der Waals surface area contributed by atoms with Gasteiger partial charge in [-0.3, -0.25) is 10.1 Å². The third-order valence-corrected chi connectivity index (χ3v) is 2.66. The number of imidazole rings is 1. The number of nitro groups is 1. The Morgan fingerprint density at radius 2 is 2.26 bits per heavy atom. The maximum absolute atomic E-state index is 10.9. The van der Waals surface area contributed by atoms with Crippen LogP contribution in [-0.4, -0.2) is 26.5 Å². The SMILES string of the molecule is CNc1ccc([N+](=O)[O-])c(NCc2nccn2C)n1. The van der Waals surface area contributed by atoms with E-state index >= 15 is 0 Å². The van der Waals surface area contributed by atoms with Crippen molar-refractivity contribution in [3.8, 4) is 0 Å². The Balaban J connectivity index is 2.22. The number of pyridine rings is 1. The van der Waals surface area contributed by atoms with E-state index in [9.17, 15) is 10.1 Å². The lowest BCUT2D eigenvalue weighted by atomic mass is 10.3. The van der Waals surface area contributed by atoms with E-state index in [1.165, 1.54) is 6.07 Å². The third kappa shape index (κ3) is 2.79. The van der Waals surface area contributed by atoms with Crippen LogP contribution in [0.15, 0.2) is 24.5 Å². The Labute approximate surface area is 109 Å². The largest absolute Gasteiger partial charge is 0.373 e. The van der Waals surface area contributed by atoms with Crippen LogP contribution in [0.1, 0.15) is 5.82 Å². The molecule has 0 aromatic carbocycles. The number of nitrogens with one attached hydrogen (secondary N) is 2. The van der Waals surface area contributed by atoms with E-state index in [4.69, 9.17) is 0 Å². The molecule has 2 aromatic heterocycles. The molecule has 0 aliphatic heterocycles. The second-order valence-electron chi connectivity index (χ2n) is 3.88. The van der Waals surface area contributed by atoms with Gasteiger partial charge in [-0.15, -0.1) is 0 Å². The maximum Gasteiger partial charge on any atom is 0.311 e. The second-order valence-corrected chi connectivity index (χ2v) is 3.88. The summed E-state index contributed by atoms with van der Waals surface area (Å²) in [5.74, 6) is 1.55. The minimum atomic E-state index is -0.465. The average molecular weight is 262 g/mol. The molecule has 8 nitrogen and oxygen atoms in total. The van der Waals surface area contributed by atoms with Crippen LogP contribution in [0.5, 0.6) is 0 Å². The van der Waals surface area contributed by atoms with E-state index in [0.717, 1.165) is 5.82 Å². The molecule has 2 aromatic rings. The molecule has 2 N–H and O–H groups in total. The first-order chi connectivity index (χ1) is 9.11. The molecule has 2 rings (SSSR count). The van der Waals surface area contributed by atoms with Crippen LogP contribution >= 0.6 is 0 Å². The molecule has 0 spiro atoms. The van der Waals surface area contributed by atoms with Crippen molar-refractivity contribution in [2.45, 2.75) is 6.54 Å². The summed E-state index contributed by atoms with van der Waals surface area (Å²) in [5.41, 5.74) is -0.0618. The average Bonchev–Trinajstić information content (AvgIpc) is 2.81. The Morgan fingerprint density at radius 1 is 1.47 bits per heavy atom. The van der Waals surface area contributed by atoms with Crippen molar-refractivity contribution in [3.63, 3.8) is 0 Å². The Kier molecular flexibility index (Phi) is 3.60. The van der Waals surface area contributed by atoms with E-state index in [2.05, 4.69) is 20.6 Å². The van der Waals surface area contributed by atoms with Crippen LogP contribution in [0, 0.1) is 10.1 Å². The summed E-state index contributed by atoms with van der Waals surface area (Å²) in [7, 11) is 3.56. The molecular formula is C11H14N6O2. The normalized spacial score (nSPS) is 10.2. The zero-order valence-corrected chi connectivity index (χ0v) is 10.6. The minimum absolute atomic E-state index is 0.0618. The molecule has 19 heavy (non-hydrogen) atoms. The van der Waals surface area contributed by atoms with Crippen LogP contribution in [0.2, 0.25) is 0 Å². The summed E-state index contributed by atoms with van der Waals surface area (Å²) in [4.78, 5) is 18.7. The number of rotatable bonds is 5. The van der Waals surface area contributed by atoms with Crippen LogP contribution in [-0.2, 0) is 13.6 Å². The van der Waals surface area contributed by atoms with E-state index in [1.807, 2.05) is 17.8 Å². The van der Waals surface area contributed by atoms with Gasteiger partial charge >= 0.3 is 5.69 Å². The number of aromatic nitrogens is 3. The van der Waals surface area contributed by atoms with Gasteiger partial charge in [0.25, 0.3) is 0 Å². The predicted molar refractivity (Wildman–Crippen MR) is 71.0 cm³/mol. The van der Waals surface area contributed by atoms with Crippen molar-refractivity contribution in [1.29, 1.82) is 0 Å². The summed E-state index contributed by atoms with van der Waals surface area (Å²) in [6.07, 6.45) is 3.48. The molecule has 0 bridgehead atoms. The second kappa shape index (κ2) is 5.34. The van der Waals surface area contributed by atoms with Crippen molar-refractivity contribution < 1.29 is 4.92 Å². The lowest BCUT2D eigenvalue weighted by molar-refractivity contribution is -0.384. The van der Waals surface area contributed by atoms with Gasteiger partial charge in [-0.1, -0.05) is 0 Å². The first-order valence-corrected chi connectivity index (χ1v) is 5.65. The number of aryl methyl sites for hydroxylation is 1. The van der Waals surface area contributed by atoms with E-state index in [-0.39, 0.29) is 11.5 Å². The number of nitrogens with zero attached hydrogens (tertiary/aromatic N) is 4. The van der Waals surface area contributed by atoms with Crippen LogP contribution in [0.3, 0.4) is 0 Å². The van der Waals surface area contributed by atoms with E-state index in [1.54, 1.807) is 19.3 Å². The lowest BCUT2D eigenvalue weighted by Gasteiger charge is -2.08. The first kappa shape index (κ1) is 12.8. The molecule has 0 radical (unpaired) electrons. The van der Waals surface area contributed by atoms with Gasteiger partial charge < -0.3 is 15.2 Å². The molecule has 8 heteroatoms. The van der Waals surface area contributed by atoms with Gasteiger partial charge in [0, 0.05) is 32.6 Å². The molecule has 0 saturated heterocycles. The highest BCUT2D eigenvalue weighted by molar-refractivity contribution is 5.60. The van der Waals surface area contributed by atoms with E-state index < -0.39 is 4.92 Å². The van der Waals surface area contributed by atoms with Crippen LogP contribution < -0.4 is 10.6 Å². The number of anilines is 2. The van der Waals surface area contributed by atoms with Crippen molar-refractivity contribution in [2.75, 3.05) is 17.7 Å². The Morgan fingerprint density at radius 3 is 2.84 bits per heavy atom. The quantitative estimate of drug-likeness (QED) is 0.624. The maximum atomic E-state index is 10.9. The van der Waals surface area contributed by atoms with Gasteiger partial charge in [0.15, 0.2) is 0 Å². The molecule has 0 fully saturated rings. The smallest absolute Gasteiger partial charge is 0.311 e. The summed E-state index contributed by atoms with van der Waals surface area (Å²) < 4.78 is 1.83. The molecule has 0 saturated carbocycles. The minimum Gasteiger partial charge on any atom is -0.373 e. The molecule has 0 unspecified atom stereocenters. The molecule has 0 atom stereocenters. The summed E-state index contributed by atoms with van der Waals surface area (Å²) >= 11 is 0. The molecule has 2 heterocycles. The molecule has 0 amide bonds. The van der Waals surface area contributed by atoms with Crippen molar-refractivity contribution >= 4 is 17.3 Å². The van der Waals surface area contributed by atoms with Crippen LogP contribution in [0.4, 0.5) is 17.3 Å². The number of hydrogen-bond acceptors (Lipinski definition) is 6. The zero-order valence-electron chi connectivity index (χ0n) is 10.6.